The average molecular weight is 269 g/mol. The lowest BCUT2D eigenvalue weighted by Gasteiger charge is -2.23. The molecule has 106 valence electrons. The average Bonchev–Trinajstić information content (AvgIpc) is 2.95. The van der Waals surface area contributed by atoms with E-state index in [1.807, 2.05) is 0 Å². The second-order valence-electron chi connectivity index (χ2n) is 4.15. The van der Waals surface area contributed by atoms with E-state index in [4.69, 9.17) is 9.15 Å². The Morgan fingerprint density at radius 3 is 2.68 bits per heavy atom. The van der Waals surface area contributed by atoms with Crippen molar-refractivity contribution >= 4 is 11.9 Å². The third kappa shape index (κ3) is 4.40. The molecule has 0 aromatic carbocycles. The minimum absolute atomic E-state index is 0.244. The van der Waals surface area contributed by atoms with Crippen LogP contribution in [0.25, 0.3) is 0 Å². The molecule has 0 N–H and O–H groups in total. The summed E-state index contributed by atoms with van der Waals surface area (Å²) in [6.45, 7) is 2.74. The van der Waals surface area contributed by atoms with Crippen molar-refractivity contribution in [1.82, 2.24) is 4.90 Å². The fourth-order valence-corrected chi connectivity index (χ4v) is 1.64. The maximum absolute atomic E-state index is 12.2. The van der Waals surface area contributed by atoms with E-state index >= 15 is 0 Å². The van der Waals surface area contributed by atoms with E-state index in [-0.39, 0.29) is 24.2 Å². The molecule has 0 saturated heterocycles. The SMILES string of the molecule is COCCN(CC(C)C(=O)OC)C(=O)c1ccco1. The van der Waals surface area contributed by atoms with Gasteiger partial charge in [0.1, 0.15) is 0 Å². The van der Waals surface area contributed by atoms with Gasteiger partial charge < -0.3 is 18.8 Å². The molecule has 1 unspecified atom stereocenters. The Morgan fingerprint density at radius 2 is 2.16 bits per heavy atom. The first kappa shape index (κ1) is 15.2. The molecule has 0 aliphatic heterocycles. The summed E-state index contributed by atoms with van der Waals surface area (Å²) in [4.78, 5) is 25.1. The van der Waals surface area contributed by atoms with E-state index in [0.717, 1.165) is 0 Å². The molecule has 1 atom stereocenters. The number of furan rings is 1. The van der Waals surface area contributed by atoms with Gasteiger partial charge in [-0.1, -0.05) is 6.92 Å². The van der Waals surface area contributed by atoms with E-state index in [0.29, 0.717) is 13.2 Å². The first-order chi connectivity index (χ1) is 9.10. The number of amides is 1. The van der Waals surface area contributed by atoms with Crippen LogP contribution in [0.2, 0.25) is 0 Å². The molecule has 6 nitrogen and oxygen atoms in total. The largest absolute Gasteiger partial charge is 0.469 e. The van der Waals surface area contributed by atoms with Crippen LogP contribution in [0.5, 0.6) is 0 Å². The predicted molar refractivity (Wildman–Crippen MR) is 67.7 cm³/mol. The summed E-state index contributed by atoms with van der Waals surface area (Å²) in [5, 5.41) is 0. The fraction of sp³-hybridized carbons (Fsp3) is 0.538. The van der Waals surface area contributed by atoms with Crippen LogP contribution in [0.3, 0.4) is 0 Å². The first-order valence-electron chi connectivity index (χ1n) is 5.99. The van der Waals surface area contributed by atoms with Gasteiger partial charge in [0, 0.05) is 20.2 Å². The number of ether oxygens (including phenoxy) is 2. The molecule has 1 amide bonds. The maximum atomic E-state index is 12.2. The quantitative estimate of drug-likeness (QED) is 0.695. The molecule has 19 heavy (non-hydrogen) atoms. The zero-order chi connectivity index (χ0) is 14.3. The van der Waals surface area contributed by atoms with E-state index < -0.39 is 5.92 Å². The third-order valence-corrected chi connectivity index (χ3v) is 2.68. The molecule has 0 spiro atoms. The molecule has 6 heteroatoms. The molecular weight excluding hydrogens is 250 g/mol. The van der Waals surface area contributed by atoms with Crippen LogP contribution < -0.4 is 0 Å². The van der Waals surface area contributed by atoms with Gasteiger partial charge >= 0.3 is 5.97 Å². The van der Waals surface area contributed by atoms with Crippen LogP contribution in [-0.4, -0.2) is 50.7 Å². The summed E-state index contributed by atoms with van der Waals surface area (Å²) in [5.41, 5.74) is 0. The molecule has 0 radical (unpaired) electrons. The van der Waals surface area contributed by atoms with Gasteiger partial charge in [0.15, 0.2) is 5.76 Å². The highest BCUT2D eigenvalue weighted by Gasteiger charge is 2.23. The zero-order valence-corrected chi connectivity index (χ0v) is 11.4. The van der Waals surface area contributed by atoms with E-state index in [1.54, 1.807) is 26.2 Å². The Labute approximate surface area is 112 Å². The molecule has 1 heterocycles. The van der Waals surface area contributed by atoms with Crippen molar-refractivity contribution in [3.05, 3.63) is 24.2 Å². The van der Waals surface area contributed by atoms with Gasteiger partial charge in [0.2, 0.25) is 0 Å². The second-order valence-corrected chi connectivity index (χ2v) is 4.15. The molecule has 0 saturated carbocycles. The molecule has 0 aliphatic rings. The van der Waals surface area contributed by atoms with Crippen molar-refractivity contribution in [1.29, 1.82) is 0 Å². The highest BCUT2D eigenvalue weighted by Crippen LogP contribution is 2.09. The van der Waals surface area contributed by atoms with Gasteiger partial charge in [-0.3, -0.25) is 9.59 Å². The summed E-state index contributed by atoms with van der Waals surface area (Å²) < 4.78 is 14.7. The Morgan fingerprint density at radius 1 is 1.42 bits per heavy atom. The van der Waals surface area contributed by atoms with Crippen molar-refractivity contribution in [3.63, 3.8) is 0 Å². The second kappa shape index (κ2) is 7.58. The molecule has 0 bridgehead atoms. The smallest absolute Gasteiger partial charge is 0.310 e. The minimum atomic E-state index is -0.402. The van der Waals surface area contributed by atoms with Crippen molar-refractivity contribution < 1.29 is 23.5 Å². The lowest BCUT2D eigenvalue weighted by Crippen LogP contribution is -2.39. The predicted octanol–water partition coefficient (Wildman–Crippen LogP) is 1.18. The molecule has 0 fully saturated rings. The number of esters is 1. The van der Waals surface area contributed by atoms with Crippen molar-refractivity contribution in [2.75, 3.05) is 33.9 Å². The number of methoxy groups -OCH3 is 2. The summed E-state index contributed by atoms with van der Waals surface area (Å²) >= 11 is 0. The van der Waals surface area contributed by atoms with Gasteiger partial charge in [-0.05, 0) is 12.1 Å². The lowest BCUT2D eigenvalue weighted by atomic mass is 10.1. The minimum Gasteiger partial charge on any atom is -0.469 e. The van der Waals surface area contributed by atoms with E-state index in [2.05, 4.69) is 4.74 Å². The number of carbonyl (C=O) groups excluding carboxylic acids is 2. The highest BCUT2D eigenvalue weighted by molar-refractivity contribution is 5.91. The summed E-state index contributed by atoms with van der Waals surface area (Å²) in [7, 11) is 2.88. The maximum Gasteiger partial charge on any atom is 0.310 e. The van der Waals surface area contributed by atoms with E-state index in [9.17, 15) is 9.59 Å². The zero-order valence-electron chi connectivity index (χ0n) is 11.4. The van der Waals surface area contributed by atoms with Gasteiger partial charge in [-0.25, -0.2) is 0 Å². The Balaban J connectivity index is 2.71. The molecule has 1 aromatic heterocycles. The molecule has 1 rings (SSSR count). The normalized spacial score (nSPS) is 11.9. The van der Waals surface area contributed by atoms with Gasteiger partial charge in [-0.15, -0.1) is 0 Å². The Hall–Kier alpha value is -1.82. The van der Waals surface area contributed by atoms with Crippen molar-refractivity contribution in [3.8, 4) is 0 Å². The number of hydrogen-bond donors (Lipinski definition) is 0. The number of nitrogens with zero attached hydrogens (tertiary/aromatic N) is 1. The number of carbonyl (C=O) groups is 2. The lowest BCUT2D eigenvalue weighted by molar-refractivity contribution is -0.145. The Kier molecular flexibility index (Phi) is 6.08. The fourth-order valence-electron chi connectivity index (χ4n) is 1.64. The summed E-state index contributed by atoms with van der Waals surface area (Å²) in [6.07, 6.45) is 1.44. The van der Waals surface area contributed by atoms with Gasteiger partial charge in [0.25, 0.3) is 5.91 Å². The molecule has 1 aromatic rings. The number of hydrogen-bond acceptors (Lipinski definition) is 5. The van der Waals surface area contributed by atoms with Crippen LogP contribution in [0.1, 0.15) is 17.5 Å². The third-order valence-electron chi connectivity index (χ3n) is 2.68. The first-order valence-corrected chi connectivity index (χ1v) is 5.99. The number of rotatable bonds is 7. The molecule has 0 aliphatic carbocycles. The monoisotopic (exact) mass is 269 g/mol. The topological polar surface area (TPSA) is 69.0 Å². The van der Waals surface area contributed by atoms with Crippen molar-refractivity contribution in [2.24, 2.45) is 5.92 Å². The van der Waals surface area contributed by atoms with Gasteiger partial charge in [-0.2, -0.15) is 0 Å². The summed E-state index contributed by atoms with van der Waals surface area (Å²) in [6, 6.07) is 3.23. The summed E-state index contributed by atoms with van der Waals surface area (Å²) in [5.74, 6) is -0.776. The van der Waals surface area contributed by atoms with Crippen LogP contribution >= 0.6 is 0 Å². The highest BCUT2D eigenvalue weighted by atomic mass is 16.5. The van der Waals surface area contributed by atoms with Crippen LogP contribution in [0, 0.1) is 5.92 Å². The van der Waals surface area contributed by atoms with Crippen LogP contribution in [0.15, 0.2) is 22.8 Å². The Bertz CT molecular complexity index is 401. The van der Waals surface area contributed by atoms with Gasteiger partial charge in [0.05, 0.1) is 25.9 Å². The standard InChI is InChI=1S/C13H19NO5/c1-10(13(16)18-3)9-14(6-8-17-2)12(15)11-5-4-7-19-11/h4-5,7,10H,6,8-9H2,1-3H3. The van der Waals surface area contributed by atoms with Crippen molar-refractivity contribution in [2.45, 2.75) is 6.92 Å². The van der Waals surface area contributed by atoms with Crippen LogP contribution in [-0.2, 0) is 14.3 Å². The van der Waals surface area contributed by atoms with E-state index in [1.165, 1.54) is 18.3 Å². The van der Waals surface area contributed by atoms with Crippen LogP contribution in [0.4, 0.5) is 0 Å². The molecular formula is C13H19NO5.